The number of rotatable bonds is 6. The lowest BCUT2D eigenvalue weighted by Gasteiger charge is -2.24. The van der Waals surface area contributed by atoms with E-state index in [1.54, 1.807) is 0 Å². The van der Waals surface area contributed by atoms with Gasteiger partial charge in [-0.25, -0.2) is 8.78 Å². The Bertz CT molecular complexity index is 715. The van der Waals surface area contributed by atoms with E-state index in [2.05, 4.69) is 5.32 Å². The Morgan fingerprint density at radius 1 is 1.21 bits per heavy atom. The predicted molar refractivity (Wildman–Crippen MR) is 85.4 cm³/mol. The van der Waals surface area contributed by atoms with Gasteiger partial charge < -0.3 is 15.2 Å². The first-order valence-corrected chi connectivity index (χ1v) is 7.37. The molecule has 128 valence electrons. The predicted octanol–water partition coefficient (Wildman–Crippen LogP) is 2.75. The van der Waals surface area contributed by atoms with Gasteiger partial charge in [0.1, 0.15) is 17.2 Å². The van der Waals surface area contributed by atoms with Crippen LogP contribution < -0.4 is 5.32 Å². The van der Waals surface area contributed by atoms with Crippen molar-refractivity contribution >= 4 is 5.91 Å². The zero-order valence-electron chi connectivity index (χ0n) is 13.5. The summed E-state index contributed by atoms with van der Waals surface area (Å²) in [4.78, 5) is 12.2. The number of ether oxygens (including phenoxy) is 1. The number of nitrogens with one attached hydrogen (secondary N) is 1. The molecule has 0 bridgehead atoms. The van der Waals surface area contributed by atoms with Crippen molar-refractivity contribution in [2.75, 3.05) is 13.7 Å². The summed E-state index contributed by atoms with van der Waals surface area (Å²) in [6.45, 7) is 1.50. The number of amides is 1. The van der Waals surface area contributed by atoms with E-state index in [4.69, 9.17) is 4.74 Å². The molecule has 1 atom stereocenters. The van der Waals surface area contributed by atoms with E-state index in [-0.39, 0.29) is 24.3 Å². The monoisotopic (exact) mass is 335 g/mol. The summed E-state index contributed by atoms with van der Waals surface area (Å²) in [7, 11) is 1.44. The van der Waals surface area contributed by atoms with Crippen molar-refractivity contribution in [3.05, 3.63) is 70.8 Å². The summed E-state index contributed by atoms with van der Waals surface area (Å²) < 4.78 is 31.4. The number of hydrogen-bond acceptors (Lipinski definition) is 3. The van der Waals surface area contributed by atoms with Gasteiger partial charge in [-0.2, -0.15) is 0 Å². The Morgan fingerprint density at radius 2 is 1.88 bits per heavy atom. The Kier molecular flexibility index (Phi) is 5.64. The summed E-state index contributed by atoms with van der Waals surface area (Å²) >= 11 is 0. The highest BCUT2D eigenvalue weighted by Crippen LogP contribution is 2.20. The van der Waals surface area contributed by atoms with Crippen LogP contribution in [-0.2, 0) is 16.9 Å². The average Bonchev–Trinajstić information content (AvgIpc) is 2.55. The quantitative estimate of drug-likeness (QED) is 0.853. The average molecular weight is 335 g/mol. The lowest BCUT2D eigenvalue weighted by molar-refractivity contribution is 0.0526. The molecule has 0 spiro atoms. The van der Waals surface area contributed by atoms with Crippen LogP contribution in [0.4, 0.5) is 8.78 Å². The molecule has 0 saturated heterocycles. The van der Waals surface area contributed by atoms with Crippen LogP contribution in [0.15, 0.2) is 42.5 Å². The Morgan fingerprint density at radius 3 is 2.50 bits per heavy atom. The van der Waals surface area contributed by atoms with Crippen molar-refractivity contribution in [3.8, 4) is 0 Å². The molecule has 1 unspecified atom stereocenters. The van der Waals surface area contributed by atoms with Crippen molar-refractivity contribution in [2.45, 2.75) is 19.1 Å². The van der Waals surface area contributed by atoms with E-state index in [0.29, 0.717) is 5.56 Å². The maximum absolute atomic E-state index is 13.6. The first-order chi connectivity index (χ1) is 11.3. The van der Waals surface area contributed by atoms with E-state index in [1.165, 1.54) is 56.5 Å². The molecule has 2 rings (SSSR count). The highest BCUT2D eigenvalue weighted by atomic mass is 19.1. The van der Waals surface area contributed by atoms with Crippen LogP contribution in [0.5, 0.6) is 0 Å². The summed E-state index contributed by atoms with van der Waals surface area (Å²) in [5, 5.41) is 13.0. The number of hydrogen-bond donors (Lipinski definition) is 2. The van der Waals surface area contributed by atoms with Crippen molar-refractivity contribution in [1.29, 1.82) is 0 Å². The number of halogens is 2. The Hall–Kier alpha value is -2.31. The molecule has 1 amide bonds. The fourth-order valence-corrected chi connectivity index (χ4v) is 2.25. The van der Waals surface area contributed by atoms with Gasteiger partial charge in [-0.05, 0) is 42.8 Å². The molecule has 0 aliphatic rings. The first kappa shape index (κ1) is 18.0. The third-order valence-corrected chi connectivity index (χ3v) is 3.67. The summed E-state index contributed by atoms with van der Waals surface area (Å²) in [5.41, 5.74) is -0.351. The van der Waals surface area contributed by atoms with Crippen LogP contribution >= 0.6 is 0 Å². The van der Waals surface area contributed by atoms with Gasteiger partial charge >= 0.3 is 0 Å². The SMILES string of the molecule is COCc1cc(C(=O)NCC(C)(O)c2ccc(F)cc2)ccc1F. The number of carbonyl (C=O) groups is 1. The van der Waals surface area contributed by atoms with Crippen molar-refractivity contribution < 1.29 is 23.4 Å². The zero-order chi connectivity index (χ0) is 17.7. The maximum atomic E-state index is 13.6. The molecule has 0 aliphatic carbocycles. The van der Waals surface area contributed by atoms with Gasteiger partial charge in [-0.1, -0.05) is 12.1 Å². The van der Waals surface area contributed by atoms with Gasteiger partial charge in [0.05, 0.1) is 13.2 Å². The van der Waals surface area contributed by atoms with E-state index < -0.39 is 23.1 Å². The van der Waals surface area contributed by atoms with Gasteiger partial charge in [-0.15, -0.1) is 0 Å². The summed E-state index contributed by atoms with van der Waals surface area (Å²) in [6, 6.07) is 9.34. The lowest BCUT2D eigenvalue weighted by Crippen LogP contribution is -2.38. The van der Waals surface area contributed by atoms with Gasteiger partial charge in [0, 0.05) is 18.2 Å². The summed E-state index contributed by atoms with van der Waals surface area (Å²) in [5.74, 6) is -1.31. The number of methoxy groups -OCH3 is 1. The molecule has 0 heterocycles. The van der Waals surface area contributed by atoms with Gasteiger partial charge in [0.2, 0.25) is 0 Å². The van der Waals surface area contributed by atoms with Crippen LogP contribution in [-0.4, -0.2) is 24.7 Å². The molecule has 0 aromatic heterocycles. The van der Waals surface area contributed by atoms with E-state index in [9.17, 15) is 18.7 Å². The standard InChI is InChI=1S/C18H19F2NO3/c1-18(23,14-4-6-15(19)7-5-14)11-21-17(22)12-3-8-16(20)13(9-12)10-24-2/h3-9,23H,10-11H2,1-2H3,(H,21,22). The summed E-state index contributed by atoms with van der Waals surface area (Å²) in [6.07, 6.45) is 0. The Labute approximate surface area is 139 Å². The molecule has 6 heteroatoms. The number of benzene rings is 2. The first-order valence-electron chi connectivity index (χ1n) is 7.37. The minimum atomic E-state index is -1.36. The van der Waals surface area contributed by atoms with Crippen LogP contribution in [0, 0.1) is 11.6 Å². The van der Waals surface area contributed by atoms with E-state index in [1.807, 2.05) is 0 Å². The molecule has 2 aromatic carbocycles. The van der Waals surface area contributed by atoms with Crippen molar-refractivity contribution in [1.82, 2.24) is 5.32 Å². The highest BCUT2D eigenvalue weighted by molar-refractivity contribution is 5.94. The second kappa shape index (κ2) is 7.51. The molecule has 4 nitrogen and oxygen atoms in total. The van der Waals surface area contributed by atoms with Crippen molar-refractivity contribution in [3.63, 3.8) is 0 Å². The molecule has 2 aromatic rings. The van der Waals surface area contributed by atoms with Gasteiger partial charge in [0.15, 0.2) is 0 Å². The maximum Gasteiger partial charge on any atom is 0.251 e. The molecular formula is C18H19F2NO3. The van der Waals surface area contributed by atoms with Crippen LogP contribution in [0.2, 0.25) is 0 Å². The minimum Gasteiger partial charge on any atom is -0.384 e. The van der Waals surface area contributed by atoms with E-state index in [0.717, 1.165) is 0 Å². The molecule has 2 N–H and O–H groups in total. The topological polar surface area (TPSA) is 58.6 Å². The Balaban J connectivity index is 2.07. The van der Waals surface area contributed by atoms with Gasteiger partial charge in [-0.3, -0.25) is 4.79 Å². The third-order valence-electron chi connectivity index (χ3n) is 3.67. The number of carbonyl (C=O) groups excluding carboxylic acids is 1. The zero-order valence-corrected chi connectivity index (χ0v) is 13.5. The molecule has 24 heavy (non-hydrogen) atoms. The molecular weight excluding hydrogens is 316 g/mol. The lowest BCUT2D eigenvalue weighted by atomic mass is 9.96. The normalized spacial score (nSPS) is 13.4. The van der Waals surface area contributed by atoms with Crippen molar-refractivity contribution in [2.24, 2.45) is 0 Å². The van der Waals surface area contributed by atoms with Crippen LogP contribution in [0.1, 0.15) is 28.4 Å². The fraction of sp³-hybridized carbons (Fsp3) is 0.278. The second-order valence-electron chi connectivity index (χ2n) is 5.70. The molecule has 0 radical (unpaired) electrons. The second-order valence-corrected chi connectivity index (χ2v) is 5.70. The molecule has 0 saturated carbocycles. The third kappa shape index (κ3) is 4.37. The van der Waals surface area contributed by atoms with Crippen LogP contribution in [0.25, 0.3) is 0 Å². The van der Waals surface area contributed by atoms with Gasteiger partial charge in [0.25, 0.3) is 5.91 Å². The fourth-order valence-electron chi connectivity index (χ4n) is 2.25. The van der Waals surface area contributed by atoms with Crippen LogP contribution in [0.3, 0.4) is 0 Å². The van der Waals surface area contributed by atoms with E-state index >= 15 is 0 Å². The smallest absolute Gasteiger partial charge is 0.251 e. The largest absolute Gasteiger partial charge is 0.384 e. The molecule has 0 fully saturated rings. The minimum absolute atomic E-state index is 0.0558. The highest BCUT2D eigenvalue weighted by Gasteiger charge is 2.24. The number of aliphatic hydroxyl groups is 1. The molecule has 0 aliphatic heterocycles.